The third kappa shape index (κ3) is 3.74. The minimum absolute atomic E-state index is 0.651. The Kier molecular flexibility index (Phi) is 4.51. The van der Waals surface area contributed by atoms with Crippen LogP contribution in [-0.4, -0.2) is 4.98 Å². The van der Waals surface area contributed by atoms with Gasteiger partial charge in [-0.15, -0.1) is 0 Å². The van der Waals surface area contributed by atoms with Crippen molar-refractivity contribution in [2.24, 2.45) is 0 Å². The van der Waals surface area contributed by atoms with Crippen LogP contribution in [0.3, 0.4) is 0 Å². The number of rotatable bonds is 4. The summed E-state index contributed by atoms with van der Waals surface area (Å²) < 4.78 is 5.84. The van der Waals surface area contributed by atoms with Crippen LogP contribution in [0.1, 0.15) is 11.1 Å². The van der Waals surface area contributed by atoms with Gasteiger partial charge in [0.15, 0.2) is 5.58 Å². The van der Waals surface area contributed by atoms with E-state index in [1.165, 1.54) is 16.7 Å². The van der Waals surface area contributed by atoms with Gasteiger partial charge in [-0.2, -0.15) is 0 Å². The molecule has 0 bridgehead atoms. The highest BCUT2D eigenvalue weighted by atomic mass is 16.3. The van der Waals surface area contributed by atoms with Crippen molar-refractivity contribution in [3.63, 3.8) is 0 Å². The number of hydrogen-bond acceptors (Lipinski definition) is 2. The molecule has 0 spiro atoms. The van der Waals surface area contributed by atoms with Crippen LogP contribution in [0.5, 0.6) is 0 Å². The third-order valence-electron chi connectivity index (χ3n) is 4.94. The van der Waals surface area contributed by atoms with Gasteiger partial charge in [0, 0.05) is 5.56 Å². The Balaban J connectivity index is 1.32. The van der Waals surface area contributed by atoms with Gasteiger partial charge in [-0.1, -0.05) is 91.0 Å². The van der Waals surface area contributed by atoms with Crippen LogP contribution in [0.4, 0.5) is 0 Å². The zero-order valence-corrected chi connectivity index (χ0v) is 15.8. The molecule has 0 saturated heterocycles. The first-order chi connectivity index (χ1) is 14.3. The van der Waals surface area contributed by atoms with E-state index in [9.17, 15) is 0 Å². The highest BCUT2D eigenvalue weighted by Crippen LogP contribution is 2.25. The monoisotopic (exact) mass is 373 g/mol. The van der Waals surface area contributed by atoms with Gasteiger partial charge in [-0.05, 0) is 46.5 Å². The van der Waals surface area contributed by atoms with Gasteiger partial charge in [0.2, 0.25) is 5.89 Å². The molecule has 5 aromatic rings. The van der Waals surface area contributed by atoms with Crippen molar-refractivity contribution in [3.8, 4) is 22.6 Å². The fraction of sp³-hybridized carbons (Fsp3) is 0. The van der Waals surface area contributed by atoms with Gasteiger partial charge >= 0.3 is 0 Å². The maximum atomic E-state index is 5.84. The maximum absolute atomic E-state index is 5.84. The summed E-state index contributed by atoms with van der Waals surface area (Å²) in [7, 11) is 0. The Morgan fingerprint density at radius 2 is 1.07 bits per heavy atom. The van der Waals surface area contributed by atoms with E-state index in [-0.39, 0.29) is 0 Å². The number of oxazole rings is 1. The number of fused-ring (bicyclic) bond motifs is 1. The molecule has 1 heterocycles. The van der Waals surface area contributed by atoms with Crippen LogP contribution in [0.15, 0.2) is 108 Å². The van der Waals surface area contributed by atoms with E-state index in [2.05, 4.69) is 77.8 Å². The molecule has 0 fully saturated rings. The summed E-state index contributed by atoms with van der Waals surface area (Å²) in [4.78, 5) is 4.55. The lowest BCUT2D eigenvalue weighted by molar-refractivity contribution is 0.620. The van der Waals surface area contributed by atoms with Gasteiger partial charge < -0.3 is 4.42 Å². The lowest BCUT2D eigenvalue weighted by Crippen LogP contribution is -1.79. The molecule has 0 unspecified atom stereocenters. The molecule has 5 rings (SSSR count). The maximum Gasteiger partial charge on any atom is 0.227 e. The first-order valence-electron chi connectivity index (χ1n) is 9.65. The molecule has 29 heavy (non-hydrogen) atoms. The summed E-state index contributed by atoms with van der Waals surface area (Å²) in [6.45, 7) is 0. The fourth-order valence-corrected chi connectivity index (χ4v) is 3.34. The molecule has 0 saturated carbocycles. The smallest absolute Gasteiger partial charge is 0.227 e. The number of benzene rings is 4. The van der Waals surface area contributed by atoms with Gasteiger partial charge in [0.05, 0.1) is 0 Å². The van der Waals surface area contributed by atoms with Crippen LogP contribution in [0.2, 0.25) is 0 Å². The van der Waals surface area contributed by atoms with Crippen LogP contribution in [0.25, 0.3) is 45.8 Å². The summed E-state index contributed by atoms with van der Waals surface area (Å²) in [6.07, 6.45) is 4.25. The zero-order chi connectivity index (χ0) is 19.5. The number of nitrogens with zero attached hydrogens (tertiary/aromatic N) is 1. The molecule has 1 aromatic heterocycles. The predicted octanol–water partition coefficient (Wildman–Crippen LogP) is 7.33. The van der Waals surface area contributed by atoms with E-state index >= 15 is 0 Å². The quantitative estimate of drug-likeness (QED) is 0.308. The lowest BCUT2D eigenvalue weighted by atomic mass is 10.0. The van der Waals surface area contributed by atoms with Gasteiger partial charge in [-0.3, -0.25) is 0 Å². The van der Waals surface area contributed by atoms with Crippen LogP contribution in [-0.2, 0) is 0 Å². The van der Waals surface area contributed by atoms with Gasteiger partial charge in [-0.25, -0.2) is 4.98 Å². The minimum Gasteiger partial charge on any atom is -0.436 e. The van der Waals surface area contributed by atoms with Crippen molar-refractivity contribution < 1.29 is 4.42 Å². The second-order valence-corrected chi connectivity index (χ2v) is 6.93. The second-order valence-electron chi connectivity index (χ2n) is 6.93. The first kappa shape index (κ1) is 17.2. The van der Waals surface area contributed by atoms with Crippen molar-refractivity contribution >= 4 is 23.3 Å². The Morgan fingerprint density at radius 3 is 1.72 bits per heavy atom. The van der Waals surface area contributed by atoms with E-state index < -0.39 is 0 Å². The van der Waals surface area contributed by atoms with Crippen molar-refractivity contribution in [1.29, 1.82) is 0 Å². The molecule has 2 nitrogen and oxygen atoms in total. The lowest BCUT2D eigenvalue weighted by Gasteiger charge is -2.02. The van der Waals surface area contributed by atoms with Crippen molar-refractivity contribution in [3.05, 3.63) is 114 Å². The predicted molar refractivity (Wildman–Crippen MR) is 120 cm³/mol. The number of para-hydroxylation sites is 2. The van der Waals surface area contributed by atoms with Crippen LogP contribution >= 0.6 is 0 Å². The molecule has 0 aliphatic heterocycles. The van der Waals surface area contributed by atoms with Crippen molar-refractivity contribution in [1.82, 2.24) is 4.98 Å². The van der Waals surface area contributed by atoms with E-state index in [1.807, 2.05) is 42.5 Å². The Morgan fingerprint density at radius 1 is 0.517 bits per heavy atom. The molecule has 138 valence electrons. The molecule has 0 aliphatic rings. The number of hydrogen-bond donors (Lipinski definition) is 0. The second kappa shape index (κ2) is 7.61. The SMILES string of the molecule is C(=Cc1ccc(-c2nc3ccccc3o2)cc1)c1ccc(-c2ccccc2)cc1. The highest BCUT2D eigenvalue weighted by Gasteiger charge is 2.07. The highest BCUT2D eigenvalue weighted by molar-refractivity contribution is 5.77. The topological polar surface area (TPSA) is 26.0 Å². The molecule has 2 heteroatoms. The standard InChI is InChI=1S/C27H19NO/c1-2-6-22(7-3-1)23-16-12-20(13-17-23)10-11-21-14-18-24(19-15-21)27-28-25-8-4-5-9-26(25)29-27/h1-19H. The Bertz CT molecular complexity index is 1230. The molecule has 0 aliphatic carbocycles. The molecule has 4 aromatic carbocycles. The first-order valence-corrected chi connectivity index (χ1v) is 9.65. The zero-order valence-electron chi connectivity index (χ0n) is 15.8. The van der Waals surface area contributed by atoms with E-state index in [0.29, 0.717) is 5.89 Å². The average molecular weight is 373 g/mol. The summed E-state index contributed by atoms with van der Waals surface area (Å²) in [5.74, 6) is 0.651. The fourth-order valence-electron chi connectivity index (χ4n) is 3.34. The summed E-state index contributed by atoms with van der Waals surface area (Å²) >= 11 is 0. The molecule has 0 atom stereocenters. The Hall–Kier alpha value is -3.91. The van der Waals surface area contributed by atoms with Crippen molar-refractivity contribution in [2.45, 2.75) is 0 Å². The molecular formula is C27H19NO. The van der Waals surface area contributed by atoms with E-state index in [4.69, 9.17) is 4.42 Å². The molecule has 0 N–H and O–H groups in total. The van der Waals surface area contributed by atoms with Crippen LogP contribution in [0, 0.1) is 0 Å². The largest absolute Gasteiger partial charge is 0.436 e. The van der Waals surface area contributed by atoms with E-state index in [0.717, 1.165) is 22.2 Å². The Labute approximate surface area is 169 Å². The van der Waals surface area contributed by atoms with E-state index in [1.54, 1.807) is 0 Å². The number of aromatic nitrogens is 1. The average Bonchev–Trinajstić information content (AvgIpc) is 3.23. The molecule has 0 amide bonds. The summed E-state index contributed by atoms with van der Waals surface area (Å²) in [5, 5.41) is 0. The molecular weight excluding hydrogens is 354 g/mol. The molecule has 0 radical (unpaired) electrons. The normalized spacial score (nSPS) is 11.3. The minimum atomic E-state index is 0.651. The third-order valence-corrected chi connectivity index (χ3v) is 4.94. The summed E-state index contributed by atoms with van der Waals surface area (Å²) in [6, 6.07) is 35.1. The van der Waals surface area contributed by atoms with Crippen molar-refractivity contribution in [2.75, 3.05) is 0 Å². The van der Waals surface area contributed by atoms with Gasteiger partial charge in [0.1, 0.15) is 5.52 Å². The van der Waals surface area contributed by atoms with Crippen LogP contribution < -0.4 is 0 Å². The summed E-state index contributed by atoms with van der Waals surface area (Å²) in [5.41, 5.74) is 7.44. The van der Waals surface area contributed by atoms with Gasteiger partial charge in [0.25, 0.3) is 0 Å².